The topological polar surface area (TPSA) is 77.8 Å². The van der Waals surface area contributed by atoms with E-state index in [-0.39, 0.29) is 34.2 Å². The average molecular weight is 473 g/mol. The highest BCUT2D eigenvalue weighted by molar-refractivity contribution is 5.76. The van der Waals surface area contributed by atoms with Gasteiger partial charge in [0.15, 0.2) is 0 Å². The fraction of sp³-hybridized carbons (Fsp3) is 0.900. The molecule has 9 atom stereocenters. The Morgan fingerprint density at radius 2 is 1.62 bits per heavy atom. The molecule has 4 saturated carbocycles. The SMILES string of the molecule is CC1(C)CC[C@]2(C(=O)O)CC[C@]3(C)C(=CC[C@@H]4[C@@]5(C)CC[C@H](O)[C@](C)(CO)C5CC[C@]43C)[C@@H]2C1. The van der Waals surface area contributed by atoms with E-state index in [9.17, 15) is 20.1 Å². The number of fused-ring (bicyclic) bond motifs is 7. The summed E-state index contributed by atoms with van der Waals surface area (Å²) in [5.74, 6) is 0.395. The Bertz CT molecular complexity index is 907. The molecule has 0 radical (unpaired) electrons. The molecule has 5 aliphatic rings. The number of hydrogen-bond acceptors (Lipinski definition) is 3. The lowest BCUT2D eigenvalue weighted by Crippen LogP contribution is -2.65. The zero-order valence-corrected chi connectivity index (χ0v) is 22.4. The second kappa shape index (κ2) is 7.34. The number of allylic oxidation sites excluding steroid dienone is 2. The molecule has 192 valence electrons. The molecule has 4 heteroatoms. The van der Waals surface area contributed by atoms with Crippen LogP contribution in [0.25, 0.3) is 0 Å². The van der Waals surface area contributed by atoms with Crippen LogP contribution >= 0.6 is 0 Å². The Kier molecular flexibility index (Phi) is 5.36. The molecule has 0 heterocycles. The summed E-state index contributed by atoms with van der Waals surface area (Å²) < 4.78 is 0. The van der Waals surface area contributed by atoms with Gasteiger partial charge in [-0.05, 0) is 104 Å². The fourth-order valence-corrected chi connectivity index (χ4v) is 10.7. The Morgan fingerprint density at radius 1 is 0.941 bits per heavy atom. The molecule has 0 saturated heterocycles. The quantitative estimate of drug-likeness (QED) is 0.418. The van der Waals surface area contributed by atoms with Crippen LogP contribution in [0.5, 0.6) is 0 Å². The number of rotatable bonds is 2. The summed E-state index contributed by atoms with van der Waals surface area (Å²) >= 11 is 0. The number of aliphatic hydroxyl groups excluding tert-OH is 2. The molecular weight excluding hydrogens is 424 g/mol. The van der Waals surface area contributed by atoms with Crippen molar-refractivity contribution in [1.82, 2.24) is 0 Å². The van der Waals surface area contributed by atoms with Gasteiger partial charge < -0.3 is 15.3 Å². The molecule has 0 aromatic heterocycles. The van der Waals surface area contributed by atoms with Crippen molar-refractivity contribution < 1.29 is 20.1 Å². The predicted molar refractivity (Wildman–Crippen MR) is 134 cm³/mol. The summed E-state index contributed by atoms with van der Waals surface area (Å²) in [6.07, 6.45) is 11.6. The first kappa shape index (κ1) is 24.8. The van der Waals surface area contributed by atoms with Gasteiger partial charge in [-0.25, -0.2) is 0 Å². The maximum Gasteiger partial charge on any atom is 0.310 e. The molecule has 5 aliphatic carbocycles. The lowest BCUT2D eigenvalue weighted by molar-refractivity contribution is -0.216. The minimum Gasteiger partial charge on any atom is -0.481 e. The highest BCUT2D eigenvalue weighted by Crippen LogP contribution is 2.75. The second-order valence-corrected chi connectivity index (χ2v) is 14.9. The lowest BCUT2D eigenvalue weighted by Gasteiger charge is -2.71. The van der Waals surface area contributed by atoms with Gasteiger partial charge >= 0.3 is 5.97 Å². The molecule has 0 amide bonds. The third-order valence-electron chi connectivity index (χ3n) is 13.2. The van der Waals surface area contributed by atoms with Crippen LogP contribution < -0.4 is 0 Å². The van der Waals surface area contributed by atoms with Crippen LogP contribution in [-0.2, 0) is 4.79 Å². The Hall–Kier alpha value is -0.870. The summed E-state index contributed by atoms with van der Waals surface area (Å²) in [4.78, 5) is 12.8. The molecular formula is C30H48O4. The van der Waals surface area contributed by atoms with Crippen molar-refractivity contribution in [3.05, 3.63) is 11.6 Å². The van der Waals surface area contributed by atoms with Gasteiger partial charge in [-0.3, -0.25) is 4.79 Å². The molecule has 0 aromatic carbocycles. The van der Waals surface area contributed by atoms with Crippen LogP contribution in [-0.4, -0.2) is 34.0 Å². The molecule has 0 aliphatic heterocycles. The highest BCUT2D eigenvalue weighted by atomic mass is 16.4. The van der Waals surface area contributed by atoms with E-state index >= 15 is 0 Å². The summed E-state index contributed by atoms with van der Waals surface area (Å²) in [5, 5.41) is 31.8. The van der Waals surface area contributed by atoms with Gasteiger partial charge in [-0.15, -0.1) is 0 Å². The molecule has 0 bridgehead atoms. The lowest BCUT2D eigenvalue weighted by atomic mass is 9.33. The van der Waals surface area contributed by atoms with Gasteiger partial charge in [0.2, 0.25) is 0 Å². The maximum atomic E-state index is 12.8. The van der Waals surface area contributed by atoms with Gasteiger partial charge in [-0.2, -0.15) is 0 Å². The summed E-state index contributed by atoms with van der Waals surface area (Å²) in [6, 6.07) is 0. The van der Waals surface area contributed by atoms with E-state index in [1.54, 1.807) is 0 Å². The monoisotopic (exact) mass is 472 g/mol. The molecule has 0 aromatic rings. The van der Waals surface area contributed by atoms with Crippen molar-refractivity contribution in [1.29, 1.82) is 0 Å². The van der Waals surface area contributed by atoms with Crippen molar-refractivity contribution in [3.63, 3.8) is 0 Å². The number of aliphatic hydroxyl groups is 2. The summed E-state index contributed by atoms with van der Waals surface area (Å²) in [7, 11) is 0. The van der Waals surface area contributed by atoms with E-state index in [2.05, 4.69) is 47.6 Å². The number of aliphatic carboxylic acids is 1. The van der Waals surface area contributed by atoms with E-state index < -0.39 is 22.9 Å². The van der Waals surface area contributed by atoms with Crippen molar-refractivity contribution in [3.8, 4) is 0 Å². The van der Waals surface area contributed by atoms with Crippen molar-refractivity contribution in [2.45, 2.75) is 112 Å². The number of carboxylic acids is 1. The van der Waals surface area contributed by atoms with Gasteiger partial charge in [0, 0.05) is 5.41 Å². The van der Waals surface area contributed by atoms with Crippen molar-refractivity contribution >= 4 is 5.97 Å². The zero-order valence-electron chi connectivity index (χ0n) is 22.4. The standard InChI is InChI=1S/C30H48O4/c1-25(2)13-15-30(24(33)34)16-14-28(5)19(20(30)17-25)7-8-22-26(3)11-10-23(32)27(4,18-31)21(26)9-12-29(22,28)6/h7,20-23,31-32H,8-18H2,1-6H3,(H,33,34)/t20-,21?,22+,23-,26-,27+,28+,29+,30-/m0/s1. The van der Waals surface area contributed by atoms with Crippen LogP contribution in [0.4, 0.5) is 0 Å². The number of carboxylic acid groups (broad SMARTS) is 1. The third-order valence-corrected chi connectivity index (χ3v) is 13.2. The van der Waals surface area contributed by atoms with Gasteiger partial charge in [0.1, 0.15) is 0 Å². The van der Waals surface area contributed by atoms with Crippen LogP contribution in [0.15, 0.2) is 11.6 Å². The van der Waals surface area contributed by atoms with E-state index in [1.165, 1.54) is 5.57 Å². The molecule has 4 nitrogen and oxygen atoms in total. The van der Waals surface area contributed by atoms with E-state index in [4.69, 9.17) is 0 Å². The van der Waals surface area contributed by atoms with E-state index in [0.29, 0.717) is 11.8 Å². The maximum absolute atomic E-state index is 12.8. The first-order valence-electron chi connectivity index (χ1n) is 13.9. The van der Waals surface area contributed by atoms with Crippen LogP contribution in [0.2, 0.25) is 0 Å². The van der Waals surface area contributed by atoms with Crippen LogP contribution in [0.3, 0.4) is 0 Å². The average Bonchev–Trinajstić information content (AvgIpc) is 2.76. The zero-order chi connectivity index (χ0) is 24.9. The minimum atomic E-state index is -0.588. The Balaban J connectivity index is 1.60. The molecule has 34 heavy (non-hydrogen) atoms. The Morgan fingerprint density at radius 3 is 2.26 bits per heavy atom. The highest BCUT2D eigenvalue weighted by Gasteiger charge is 2.69. The fourth-order valence-electron chi connectivity index (χ4n) is 10.7. The van der Waals surface area contributed by atoms with E-state index in [0.717, 1.165) is 64.2 Å². The number of hydrogen-bond donors (Lipinski definition) is 3. The molecule has 3 N–H and O–H groups in total. The van der Waals surface area contributed by atoms with Gasteiger partial charge in [0.25, 0.3) is 0 Å². The minimum absolute atomic E-state index is 0.0204. The van der Waals surface area contributed by atoms with Crippen LogP contribution in [0.1, 0.15) is 106 Å². The molecule has 5 rings (SSSR count). The normalized spacial score (nSPS) is 54.1. The molecule has 0 spiro atoms. The largest absolute Gasteiger partial charge is 0.481 e. The smallest absolute Gasteiger partial charge is 0.310 e. The third kappa shape index (κ3) is 2.88. The predicted octanol–water partition coefficient (Wildman–Crippen LogP) is 6.21. The van der Waals surface area contributed by atoms with Crippen LogP contribution in [0, 0.1) is 50.2 Å². The van der Waals surface area contributed by atoms with Crippen molar-refractivity contribution in [2.75, 3.05) is 6.61 Å². The number of carbonyl (C=O) groups is 1. The second-order valence-electron chi connectivity index (χ2n) is 14.9. The molecule has 4 fully saturated rings. The Labute approximate surface area is 206 Å². The van der Waals surface area contributed by atoms with Gasteiger partial charge in [0.05, 0.1) is 18.1 Å². The van der Waals surface area contributed by atoms with Gasteiger partial charge in [-0.1, -0.05) is 53.2 Å². The van der Waals surface area contributed by atoms with E-state index in [1.807, 2.05) is 0 Å². The summed E-state index contributed by atoms with van der Waals surface area (Å²) in [6.45, 7) is 14.3. The summed E-state index contributed by atoms with van der Waals surface area (Å²) in [5.41, 5.74) is 0.858. The molecule has 1 unspecified atom stereocenters. The first-order chi connectivity index (χ1) is 15.7. The first-order valence-corrected chi connectivity index (χ1v) is 13.9. The van der Waals surface area contributed by atoms with Crippen molar-refractivity contribution in [2.24, 2.45) is 50.2 Å².